The molecular formula is C10H14N4O2S2. The summed E-state index contributed by atoms with van der Waals surface area (Å²) >= 11 is 1.49. The molecule has 0 aliphatic carbocycles. The Hall–Kier alpha value is -1.28. The highest BCUT2D eigenvalue weighted by molar-refractivity contribution is 7.90. The van der Waals surface area contributed by atoms with Crippen LogP contribution in [0.5, 0.6) is 0 Å². The Bertz CT molecular complexity index is 642. The molecule has 0 atom stereocenters. The first-order valence-corrected chi connectivity index (χ1v) is 8.12. The summed E-state index contributed by atoms with van der Waals surface area (Å²) in [7, 11) is -3.31. The second-order valence-electron chi connectivity index (χ2n) is 4.30. The van der Waals surface area contributed by atoms with Gasteiger partial charge >= 0.3 is 0 Å². The SMILES string of the molecule is CC(C)c1nnc(Cn2ccnc2S(C)(=O)=O)s1. The summed E-state index contributed by atoms with van der Waals surface area (Å²) in [6.45, 7) is 4.47. The highest BCUT2D eigenvalue weighted by Crippen LogP contribution is 2.20. The van der Waals surface area contributed by atoms with E-state index < -0.39 is 9.84 Å². The summed E-state index contributed by atoms with van der Waals surface area (Å²) < 4.78 is 24.6. The topological polar surface area (TPSA) is 77.7 Å². The number of nitrogens with zero attached hydrogens (tertiary/aromatic N) is 4. The highest BCUT2D eigenvalue weighted by Gasteiger charge is 2.16. The fourth-order valence-corrected chi connectivity index (χ4v) is 3.10. The first-order valence-electron chi connectivity index (χ1n) is 5.41. The van der Waals surface area contributed by atoms with Gasteiger partial charge < -0.3 is 4.57 Å². The summed E-state index contributed by atoms with van der Waals surface area (Å²) in [5.74, 6) is 0.327. The Kier molecular flexibility index (Phi) is 3.49. The smallest absolute Gasteiger partial charge is 0.227 e. The van der Waals surface area contributed by atoms with E-state index in [0.717, 1.165) is 16.3 Å². The molecule has 0 unspecified atom stereocenters. The van der Waals surface area contributed by atoms with Gasteiger partial charge in [0.25, 0.3) is 0 Å². The zero-order valence-corrected chi connectivity index (χ0v) is 12.0. The molecule has 0 fully saturated rings. The molecule has 2 aromatic heterocycles. The molecule has 0 saturated heterocycles. The summed E-state index contributed by atoms with van der Waals surface area (Å²) in [5.41, 5.74) is 0. The van der Waals surface area contributed by atoms with Crippen LogP contribution in [0.3, 0.4) is 0 Å². The number of hydrogen-bond acceptors (Lipinski definition) is 6. The Morgan fingerprint density at radius 3 is 2.67 bits per heavy atom. The van der Waals surface area contributed by atoms with E-state index in [9.17, 15) is 8.42 Å². The van der Waals surface area contributed by atoms with Gasteiger partial charge in [-0.3, -0.25) is 0 Å². The Morgan fingerprint density at radius 2 is 2.11 bits per heavy atom. The first-order chi connectivity index (χ1) is 8.38. The Balaban J connectivity index is 2.27. The number of imidazole rings is 1. The van der Waals surface area contributed by atoms with Crippen LogP contribution in [0, 0.1) is 0 Å². The van der Waals surface area contributed by atoms with Crippen LogP contribution in [0.4, 0.5) is 0 Å². The Labute approximate surface area is 110 Å². The molecule has 0 aliphatic rings. The van der Waals surface area contributed by atoms with Crippen LogP contribution in [-0.4, -0.2) is 34.4 Å². The molecule has 2 heterocycles. The minimum atomic E-state index is -3.31. The molecule has 0 spiro atoms. The van der Waals surface area contributed by atoms with Crippen LogP contribution in [0.15, 0.2) is 17.6 Å². The molecule has 0 aliphatic heterocycles. The van der Waals surface area contributed by atoms with E-state index in [4.69, 9.17) is 0 Å². The molecule has 8 heteroatoms. The third kappa shape index (κ3) is 2.75. The van der Waals surface area contributed by atoms with Crippen molar-refractivity contribution in [2.45, 2.75) is 31.5 Å². The lowest BCUT2D eigenvalue weighted by Crippen LogP contribution is -2.09. The van der Waals surface area contributed by atoms with Crippen LogP contribution in [-0.2, 0) is 16.4 Å². The van der Waals surface area contributed by atoms with Crippen LogP contribution in [0.1, 0.15) is 29.8 Å². The summed E-state index contributed by atoms with van der Waals surface area (Å²) in [6, 6.07) is 0. The van der Waals surface area contributed by atoms with E-state index in [1.807, 2.05) is 13.8 Å². The van der Waals surface area contributed by atoms with E-state index in [2.05, 4.69) is 15.2 Å². The fourth-order valence-electron chi connectivity index (χ4n) is 1.45. The average Bonchev–Trinajstić information content (AvgIpc) is 2.85. The lowest BCUT2D eigenvalue weighted by molar-refractivity contribution is 0.577. The third-order valence-corrected chi connectivity index (χ3v) is 4.50. The van der Waals surface area contributed by atoms with Crippen molar-refractivity contribution >= 4 is 21.2 Å². The van der Waals surface area contributed by atoms with Crippen LogP contribution in [0.2, 0.25) is 0 Å². The molecule has 0 saturated carbocycles. The van der Waals surface area contributed by atoms with Gasteiger partial charge in [-0.25, -0.2) is 13.4 Å². The molecule has 98 valence electrons. The highest BCUT2D eigenvalue weighted by atomic mass is 32.2. The molecular weight excluding hydrogens is 272 g/mol. The van der Waals surface area contributed by atoms with Gasteiger partial charge in [0, 0.05) is 24.6 Å². The monoisotopic (exact) mass is 286 g/mol. The minimum Gasteiger partial charge on any atom is -0.315 e. The zero-order chi connectivity index (χ0) is 13.3. The Morgan fingerprint density at radius 1 is 1.39 bits per heavy atom. The van der Waals surface area contributed by atoms with E-state index in [1.165, 1.54) is 17.5 Å². The van der Waals surface area contributed by atoms with Gasteiger partial charge in [-0.15, -0.1) is 10.2 Å². The molecule has 0 amide bonds. The number of hydrogen-bond donors (Lipinski definition) is 0. The molecule has 6 nitrogen and oxygen atoms in total. The maximum absolute atomic E-state index is 11.5. The van der Waals surface area contributed by atoms with Gasteiger partial charge in [0.1, 0.15) is 10.0 Å². The second kappa shape index (κ2) is 4.77. The van der Waals surface area contributed by atoms with E-state index in [-0.39, 0.29) is 5.16 Å². The molecule has 0 radical (unpaired) electrons. The van der Waals surface area contributed by atoms with Crippen molar-refractivity contribution in [3.8, 4) is 0 Å². The predicted octanol–water partition coefficient (Wildman–Crippen LogP) is 1.31. The van der Waals surface area contributed by atoms with Crippen molar-refractivity contribution in [2.24, 2.45) is 0 Å². The summed E-state index contributed by atoms with van der Waals surface area (Å²) in [5, 5.41) is 9.92. The quantitative estimate of drug-likeness (QED) is 0.847. The van der Waals surface area contributed by atoms with Crippen molar-refractivity contribution in [3.05, 3.63) is 22.4 Å². The van der Waals surface area contributed by atoms with E-state index in [1.54, 1.807) is 10.8 Å². The summed E-state index contributed by atoms with van der Waals surface area (Å²) in [6.07, 6.45) is 4.25. The van der Waals surface area contributed by atoms with Gasteiger partial charge in [0.15, 0.2) is 0 Å². The largest absolute Gasteiger partial charge is 0.315 e. The van der Waals surface area contributed by atoms with Crippen molar-refractivity contribution in [1.29, 1.82) is 0 Å². The van der Waals surface area contributed by atoms with Crippen LogP contribution >= 0.6 is 11.3 Å². The van der Waals surface area contributed by atoms with Gasteiger partial charge in [-0.1, -0.05) is 25.2 Å². The van der Waals surface area contributed by atoms with Crippen LogP contribution in [0.25, 0.3) is 0 Å². The molecule has 2 aromatic rings. The predicted molar refractivity (Wildman–Crippen MR) is 68.4 cm³/mol. The minimum absolute atomic E-state index is 0.0591. The van der Waals surface area contributed by atoms with Gasteiger partial charge in [-0.2, -0.15) is 0 Å². The lowest BCUT2D eigenvalue weighted by Gasteiger charge is -2.02. The molecule has 0 bridgehead atoms. The fraction of sp³-hybridized carbons (Fsp3) is 0.500. The molecule has 18 heavy (non-hydrogen) atoms. The standard InChI is InChI=1S/C10H14N4O2S2/c1-7(2)9-13-12-8(17-9)6-14-5-4-11-10(14)18(3,15)16/h4-5,7H,6H2,1-3H3. The maximum Gasteiger partial charge on any atom is 0.227 e. The molecule has 2 rings (SSSR count). The maximum atomic E-state index is 11.5. The summed E-state index contributed by atoms with van der Waals surface area (Å²) in [4.78, 5) is 3.86. The number of aromatic nitrogens is 4. The van der Waals surface area contributed by atoms with Gasteiger partial charge in [0.05, 0.1) is 6.54 Å². The van der Waals surface area contributed by atoms with Crippen LogP contribution < -0.4 is 0 Å². The lowest BCUT2D eigenvalue weighted by atomic mass is 10.2. The van der Waals surface area contributed by atoms with Gasteiger partial charge in [-0.05, 0) is 0 Å². The average molecular weight is 286 g/mol. The third-order valence-electron chi connectivity index (χ3n) is 2.29. The van der Waals surface area contributed by atoms with Crippen molar-refractivity contribution in [3.63, 3.8) is 0 Å². The van der Waals surface area contributed by atoms with Crippen molar-refractivity contribution < 1.29 is 8.42 Å². The normalized spacial score (nSPS) is 12.2. The van der Waals surface area contributed by atoms with Crippen molar-refractivity contribution in [1.82, 2.24) is 19.7 Å². The molecule has 0 N–H and O–H groups in total. The number of sulfone groups is 1. The zero-order valence-electron chi connectivity index (χ0n) is 10.4. The van der Waals surface area contributed by atoms with Crippen molar-refractivity contribution in [2.75, 3.05) is 6.26 Å². The van der Waals surface area contributed by atoms with E-state index >= 15 is 0 Å². The first kappa shape index (κ1) is 13.2. The second-order valence-corrected chi connectivity index (χ2v) is 7.30. The molecule has 0 aromatic carbocycles. The van der Waals surface area contributed by atoms with Gasteiger partial charge in [0.2, 0.25) is 15.0 Å². The number of rotatable bonds is 4. The van der Waals surface area contributed by atoms with E-state index in [0.29, 0.717) is 12.5 Å².